The molecule has 1 saturated carbocycles. The molecule has 2 aliphatic heterocycles. The van der Waals surface area contributed by atoms with Gasteiger partial charge in [-0.05, 0) is 39.2 Å². The van der Waals surface area contributed by atoms with Crippen molar-refractivity contribution in [1.29, 1.82) is 0 Å². The molecule has 3 unspecified atom stereocenters. The molecule has 1 aliphatic carbocycles. The number of rotatable bonds is 1. The molecule has 3 rings (SSSR count). The van der Waals surface area contributed by atoms with Crippen LogP contribution in [0.5, 0.6) is 0 Å². The summed E-state index contributed by atoms with van der Waals surface area (Å²) < 4.78 is 0. The van der Waals surface area contributed by atoms with Crippen LogP contribution in [0, 0.1) is 0 Å². The molecule has 0 aromatic heterocycles. The third-order valence-electron chi connectivity index (χ3n) is 4.07. The van der Waals surface area contributed by atoms with Crippen molar-refractivity contribution in [3.05, 3.63) is 0 Å². The lowest BCUT2D eigenvalue weighted by atomic mass is 10.1. The van der Waals surface area contributed by atoms with E-state index in [0.717, 1.165) is 17.3 Å². The monoisotopic (exact) mass is 226 g/mol. The predicted octanol–water partition coefficient (Wildman–Crippen LogP) is 2.05. The molecule has 2 heterocycles. The van der Waals surface area contributed by atoms with Gasteiger partial charge in [0, 0.05) is 23.9 Å². The Kier molecular flexibility index (Phi) is 2.53. The van der Waals surface area contributed by atoms with Crippen LogP contribution in [-0.2, 0) is 0 Å². The van der Waals surface area contributed by atoms with Crippen LogP contribution in [0.25, 0.3) is 0 Å². The fourth-order valence-electron chi connectivity index (χ4n) is 3.21. The van der Waals surface area contributed by atoms with Gasteiger partial charge in [-0.15, -0.1) is 11.8 Å². The molecule has 15 heavy (non-hydrogen) atoms. The summed E-state index contributed by atoms with van der Waals surface area (Å²) >= 11 is 2.20. The van der Waals surface area contributed by atoms with Gasteiger partial charge in [0.25, 0.3) is 0 Å². The van der Waals surface area contributed by atoms with E-state index >= 15 is 0 Å². The predicted molar refractivity (Wildman–Crippen MR) is 66.2 cm³/mol. The number of nitrogens with one attached hydrogen (secondary N) is 1. The van der Waals surface area contributed by atoms with Crippen molar-refractivity contribution < 1.29 is 0 Å². The van der Waals surface area contributed by atoms with Gasteiger partial charge < -0.3 is 5.32 Å². The zero-order valence-electron chi connectivity index (χ0n) is 9.83. The molecule has 2 saturated heterocycles. The summed E-state index contributed by atoms with van der Waals surface area (Å²) in [5.41, 5.74) is 0. The Morgan fingerprint density at radius 2 is 2.07 bits per heavy atom. The van der Waals surface area contributed by atoms with E-state index in [1.54, 1.807) is 0 Å². The first kappa shape index (κ1) is 10.4. The molecular formula is C12H22N2S. The lowest BCUT2D eigenvalue weighted by Crippen LogP contribution is -2.49. The Morgan fingerprint density at radius 3 is 2.73 bits per heavy atom. The summed E-state index contributed by atoms with van der Waals surface area (Å²) in [5, 5.41) is 4.63. The summed E-state index contributed by atoms with van der Waals surface area (Å²) in [4.78, 5) is 3.15. The summed E-state index contributed by atoms with van der Waals surface area (Å²) in [6.45, 7) is 7.31. The maximum absolute atomic E-state index is 3.79. The minimum absolute atomic E-state index is 0.402. The first-order valence-corrected chi connectivity index (χ1v) is 7.25. The summed E-state index contributed by atoms with van der Waals surface area (Å²) in [7, 11) is 0. The Balaban J connectivity index is 1.71. The van der Waals surface area contributed by atoms with E-state index in [0.29, 0.717) is 4.87 Å². The Bertz CT molecular complexity index is 254. The van der Waals surface area contributed by atoms with Gasteiger partial charge >= 0.3 is 0 Å². The minimum atomic E-state index is 0.402. The van der Waals surface area contributed by atoms with Crippen LogP contribution in [0.4, 0.5) is 0 Å². The highest BCUT2D eigenvalue weighted by atomic mass is 32.2. The molecule has 3 fully saturated rings. The van der Waals surface area contributed by atoms with Crippen LogP contribution in [0.2, 0.25) is 0 Å². The van der Waals surface area contributed by atoms with Gasteiger partial charge in [-0.1, -0.05) is 6.92 Å². The maximum atomic E-state index is 3.79. The highest BCUT2D eigenvalue weighted by Gasteiger charge is 2.48. The molecule has 86 valence electrons. The molecule has 0 aromatic carbocycles. The van der Waals surface area contributed by atoms with Crippen molar-refractivity contribution in [3.63, 3.8) is 0 Å². The molecule has 1 spiro atoms. The van der Waals surface area contributed by atoms with Gasteiger partial charge in [-0.3, -0.25) is 4.90 Å². The maximum Gasteiger partial charge on any atom is 0.0791 e. The SMILES string of the molecule is CC1CCNC2(CC(C)N(C3CC3)C2)S1. The highest BCUT2D eigenvalue weighted by molar-refractivity contribution is 8.01. The first-order chi connectivity index (χ1) is 7.19. The van der Waals surface area contributed by atoms with Crippen LogP contribution in [-0.4, -0.2) is 40.2 Å². The third-order valence-corrected chi connectivity index (χ3v) is 5.60. The van der Waals surface area contributed by atoms with Gasteiger partial charge in [0.05, 0.1) is 4.87 Å². The van der Waals surface area contributed by atoms with E-state index in [2.05, 4.69) is 35.8 Å². The Hall–Kier alpha value is 0.270. The average Bonchev–Trinajstić information content (AvgIpc) is 2.93. The number of hydrogen-bond acceptors (Lipinski definition) is 3. The fraction of sp³-hybridized carbons (Fsp3) is 1.00. The lowest BCUT2D eigenvalue weighted by Gasteiger charge is -2.37. The Labute approximate surface area is 97.2 Å². The van der Waals surface area contributed by atoms with Crippen LogP contribution in [0.1, 0.15) is 39.5 Å². The highest BCUT2D eigenvalue weighted by Crippen LogP contribution is 2.45. The molecule has 0 radical (unpaired) electrons. The van der Waals surface area contributed by atoms with Crippen molar-refractivity contribution in [3.8, 4) is 0 Å². The zero-order chi connectivity index (χ0) is 10.5. The minimum Gasteiger partial charge on any atom is -0.302 e. The molecular weight excluding hydrogens is 204 g/mol. The quantitative estimate of drug-likeness (QED) is 0.737. The molecule has 1 N–H and O–H groups in total. The van der Waals surface area contributed by atoms with Gasteiger partial charge in [-0.2, -0.15) is 0 Å². The Morgan fingerprint density at radius 1 is 1.27 bits per heavy atom. The topological polar surface area (TPSA) is 15.3 Å². The normalized spacial score (nSPS) is 47.6. The molecule has 0 bridgehead atoms. The van der Waals surface area contributed by atoms with E-state index in [1.165, 1.54) is 38.8 Å². The number of nitrogens with zero attached hydrogens (tertiary/aromatic N) is 1. The largest absolute Gasteiger partial charge is 0.302 e. The summed E-state index contributed by atoms with van der Waals surface area (Å²) in [5.74, 6) is 0. The van der Waals surface area contributed by atoms with Crippen molar-refractivity contribution in [2.75, 3.05) is 13.1 Å². The smallest absolute Gasteiger partial charge is 0.0791 e. The molecule has 3 aliphatic rings. The summed E-state index contributed by atoms with van der Waals surface area (Å²) in [6.07, 6.45) is 5.57. The second-order valence-electron chi connectivity index (χ2n) is 5.59. The van der Waals surface area contributed by atoms with E-state index in [-0.39, 0.29) is 0 Å². The van der Waals surface area contributed by atoms with Gasteiger partial charge in [0.15, 0.2) is 0 Å². The van der Waals surface area contributed by atoms with Gasteiger partial charge in [-0.25, -0.2) is 0 Å². The van der Waals surface area contributed by atoms with Crippen molar-refractivity contribution in [1.82, 2.24) is 10.2 Å². The molecule has 0 aromatic rings. The van der Waals surface area contributed by atoms with Crippen LogP contribution in [0.3, 0.4) is 0 Å². The molecule has 3 atom stereocenters. The third kappa shape index (κ3) is 1.94. The standard InChI is InChI=1S/C12H22N2S/c1-9-7-12(8-14(9)11-3-4-11)13-6-5-10(2)15-12/h9-11,13H,3-8H2,1-2H3. The van der Waals surface area contributed by atoms with E-state index in [9.17, 15) is 0 Å². The van der Waals surface area contributed by atoms with Crippen LogP contribution >= 0.6 is 11.8 Å². The number of hydrogen-bond donors (Lipinski definition) is 1. The number of likely N-dealkylation sites (tertiary alicyclic amines) is 1. The van der Waals surface area contributed by atoms with Crippen molar-refractivity contribution in [2.24, 2.45) is 0 Å². The second kappa shape index (κ2) is 3.64. The van der Waals surface area contributed by atoms with Crippen LogP contribution in [0.15, 0.2) is 0 Å². The second-order valence-corrected chi connectivity index (χ2v) is 7.42. The first-order valence-electron chi connectivity index (χ1n) is 6.37. The lowest BCUT2D eigenvalue weighted by molar-refractivity contribution is 0.252. The molecule has 3 heteroatoms. The van der Waals surface area contributed by atoms with Gasteiger partial charge in [0.2, 0.25) is 0 Å². The van der Waals surface area contributed by atoms with Crippen molar-refractivity contribution >= 4 is 11.8 Å². The average molecular weight is 226 g/mol. The summed E-state index contributed by atoms with van der Waals surface area (Å²) in [6, 6.07) is 1.72. The van der Waals surface area contributed by atoms with E-state index in [4.69, 9.17) is 0 Å². The zero-order valence-corrected chi connectivity index (χ0v) is 10.6. The van der Waals surface area contributed by atoms with Crippen LogP contribution < -0.4 is 5.32 Å². The van der Waals surface area contributed by atoms with Gasteiger partial charge in [0.1, 0.15) is 0 Å². The number of thioether (sulfide) groups is 1. The van der Waals surface area contributed by atoms with Crippen molar-refractivity contribution in [2.45, 2.75) is 61.7 Å². The fourth-order valence-corrected chi connectivity index (χ4v) is 4.96. The van der Waals surface area contributed by atoms with E-state index in [1.807, 2.05) is 0 Å². The molecule has 2 nitrogen and oxygen atoms in total. The van der Waals surface area contributed by atoms with E-state index < -0.39 is 0 Å². The molecule has 0 amide bonds.